The van der Waals surface area contributed by atoms with Crippen molar-refractivity contribution in [2.75, 3.05) is 29.9 Å². The van der Waals surface area contributed by atoms with Gasteiger partial charge in [0.2, 0.25) is 0 Å². The molecule has 1 heterocycles. The van der Waals surface area contributed by atoms with Crippen molar-refractivity contribution >= 4 is 17.4 Å². The summed E-state index contributed by atoms with van der Waals surface area (Å²) in [6, 6.07) is 10.7. The first-order valence-corrected chi connectivity index (χ1v) is 7.80. The standard InChI is InChI=1S/C17H22N4O2/c1-4-21(5-2)16-12-11-15(19-20-16)17(22)18-13-7-9-14(10-8-13)23-6-3/h7-12H,4-6H2,1-3H3,(H,18,22). The highest BCUT2D eigenvalue weighted by atomic mass is 16.5. The van der Waals surface area contributed by atoms with Gasteiger partial charge in [0, 0.05) is 18.8 Å². The molecule has 0 unspecified atom stereocenters. The SMILES string of the molecule is CCOc1ccc(NC(=O)c2ccc(N(CC)CC)nn2)cc1. The molecule has 0 saturated heterocycles. The Labute approximate surface area is 136 Å². The molecule has 0 fully saturated rings. The number of carbonyl (C=O) groups excluding carboxylic acids is 1. The van der Waals surface area contributed by atoms with Crippen molar-refractivity contribution in [2.45, 2.75) is 20.8 Å². The van der Waals surface area contributed by atoms with Crippen LogP contribution in [-0.2, 0) is 0 Å². The Morgan fingerprint density at radius 3 is 2.26 bits per heavy atom. The summed E-state index contributed by atoms with van der Waals surface area (Å²) in [6.45, 7) is 8.34. The fourth-order valence-electron chi connectivity index (χ4n) is 2.16. The van der Waals surface area contributed by atoms with Gasteiger partial charge in [-0.2, -0.15) is 0 Å². The van der Waals surface area contributed by atoms with Crippen molar-refractivity contribution in [3.8, 4) is 5.75 Å². The van der Waals surface area contributed by atoms with Crippen LogP contribution < -0.4 is 15.0 Å². The fraction of sp³-hybridized carbons (Fsp3) is 0.353. The molecule has 1 aromatic carbocycles. The third kappa shape index (κ3) is 4.42. The number of nitrogens with zero attached hydrogens (tertiary/aromatic N) is 3. The van der Waals surface area contributed by atoms with Crippen LogP contribution in [0.1, 0.15) is 31.3 Å². The summed E-state index contributed by atoms with van der Waals surface area (Å²) in [4.78, 5) is 14.3. The van der Waals surface area contributed by atoms with Crippen molar-refractivity contribution in [1.29, 1.82) is 0 Å². The Balaban J connectivity index is 2.02. The Bertz CT molecular complexity index is 622. The smallest absolute Gasteiger partial charge is 0.276 e. The van der Waals surface area contributed by atoms with Crippen LogP contribution in [-0.4, -0.2) is 35.8 Å². The largest absolute Gasteiger partial charge is 0.494 e. The van der Waals surface area contributed by atoms with Crippen molar-refractivity contribution in [1.82, 2.24) is 10.2 Å². The average molecular weight is 314 g/mol. The van der Waals surface area contributed by atoms with Gasteiger partial charge in [-0.05, 0) is 57.2 Å². The molecule has 23 heavy (non-hydrogen) atoms. The predicted molar refractivity (Wildman–Crippen MR) is 91.2 cm³/mol. The van der Waals surface area contributed by atoms with E-state index in [-0.39, 0.29) is 11.6 Å². The fourth-order valence-corrected chi connectivity index (χ4v) is 2.16. The first-order chi connectivity index (χ1) is 11.2. The molecule has 2 rings (SSSR count). The zero-order chi connectivity index (χ0) is 16.7. The number of ether oxygens (including phenoxy) is 1. The van der Waals surface area contributed by atoms with Crippen LogP contribution in [0.15, 0.2) is 36.4 Å². The maximum absolute atomic E-state index is 12.2. The topological polar surface area (TPSA) is 67.3 Å². The number of aromatic nitrogens is 2. The summed E-state index contributed by atoms with van der Waals surface area (Å²) in [5, 5.41) is 10.9. The van der Waals surface area contributed by atoms with Crippen LogP contribution in [0.5, 0.6) is 5.75 Å². The summed E-state index contributed by atoms with van der Waals surface area (Å²) in [7, 11) is 0. The van der Waals surface area contributed by atoms with E-state index in [9.17, 15) is 4.79 Å². The normalized spacial score (nSPS) is 10.2. The lowest BCUT2D eigenvalue weighted by atomic mass is 10.3. The van der Waals surface area contributed by atoms with E-state index in [0.29, 0.717) is 12.3 Å². The van der Waals surface area contributed by atoms with Crippen LogP contribution in [0, 0.1) is 0 Å². The second-order valence-electron chi connectivity index (χ2n) is 4.86. The van der Waals surface area contributed by atoms with Crippen LogP contribution in [0.3, 0.4) is 0 Å². The van der Waals surface area contributed by atoms with E-state index >= 15 is 0 Å². The zero-order valence-electron chi connectivity index (χ0n) is 13.7. The molecule has 0 spiro atoms. The van der Waals surface area contributed by atoms with Gasteiger partial charge in [0.05, 0.1) is 6.61 Å². The van der Waals surface area contributed by atoms with E-state index in [1.165, 1.54) is 0 Å². The molecule has 0 radical (unpaired) electrons. The van der Waals surface area contributed by atoms with Gasteiger partial charge in [0.25, 0.3) is 5.91 Å². The highest BCUT2D eigenvalue weighted by molar-refractivity contribution is 6.02. The number of benzene rings is 1. The average Bonchev–Trinajstić information content (AvgIpc) is 2.58. The predicted octanol–water partition coefficient (Wildman–Crippen LogP) is 2.97. The summed E-state index contributed by atoms with van der Waals surface area (Å²) < 4.78 is 5.37. The molecular weight excluding hydrogens is 292 g/mol. The lowest BCUT2D eigenvalue weighted by Crippen LogP contribution is -2.24. The number of amides is 1. The molecule has 1 N–H and O–H groups in total. The molecule has 1 amide bonds. The van der Waals surface area contributed by atoms with Crippen molar-refractivity contribution in [3.63, 3.8) is 0 Å². The summed E-state index contributed by atoms with van der Waals surface area (Å²) >= 11 is 0. The number of rotatable bonds is 7. The molecule has 0 aliphatic heterocycles. The number of carbonyl (C=O) groups is 1. The quantitative estimate of drug-likeness (QED) is 0.851. The maximum Gasteiger partial charge on any atom is 0.276 e. The molecule has 0 atom stereocenters. The van der Waals surface area contributed by atoms with Crippen LogP contribution in [0.25, 0.3) is 0 Å². The molecule has 1 aromatic heterocycles. The number of anilines is 2. The van der Waals surface area contributed by atoms with Gasteiger partial charge < -0.3 is 15.0 Å². The van der Waals surface area contributed by atoms with E-state index < -0.39 is 0 Å². The second-order valence-corrected chi connectivity index (χ2v) is 4.86. The Kier molecular flexibility index (Phi) is 5.91. The molecular formula is C17H22N4O2. The lowest BCUT2D eigenvalue weighted by molar-refractivity contribution is 0.102. The molecule has 122 valence electrons. The van der Waals surface area contributed by atoms with E-state index in [2.05, 4.69) is 34.3 Å². The van der Waals surface area contributed by atoms with Crippen LogP contribution in [0.2, 0.25) is 0 Å². The number of hydrogen-bond donors (Lipinski definition) is 1. The van der Waals surface area contributed by atoms with Gasteiger partial charge in [0.15, 0.2) is 11.5 Å². The molecule has 0 aliphatic carbocycles. The second kappa shape index (κ2) is 8.12. The van der Waals surface area contributed by atoms with Crippen molar-refractivity contribution in [3.05, 3.63) is 42.1 Å². The summed E-state index contributed by atoms with van der Waals surface area (Å²) in [6.07, 6.45) is 0. The van der Waals surface area contributed by atoms with Gasteiger partial charge in [-0.1, -0.05) is 0 Å². The Morgan fingerprint density at radius 1 is 1.04 bits per heavy atom. The molecule has 2 aromatic rings. The highest BCUT2D eigenvalue weighted by Gasteiger charge is 2.10. The minimum atomic E-state index is -0.284. The first-order valence-electron chi connectivity index (χ1n) is 7.80. The molecule has 0 saturated carbocycles. The summed E-state index contributed by atoms with van der Waals surface area (Å²) in [5.74, 6) is 1.26. The monoisotopic (exact) mass is 314 g/mol. The van der Waals surface area contributed by atoms with Crippen LogP contribution >= 0.6 is 0 Å². The van der Waals surface area contributed by atoms with Crippen LogP contribution in [0.4, 0.5) is 11.5 Å². The zero-order valence-corrected chi connectivity index (χ0v) is 13.7. The van der Waals surface area contributed by atoms with Crippen molar-refractivity contribution in [2.24, 2.45) is 0 Å². The number of nitrogens with one attached hydrogen (secondary N) is 1. The van der Waals surface area contributed by atoms with Gasteiger partial charge in [-0.25, -0.2) is 0 Å². The van der Waals surface area contributed by atoms with Gasteiger partial charge in [-0.15, -0.1) is 10.2 Å². The highest BCUT2D eigenvalue weighted by Crippen LogP contribution is 2.16. The third-order valence-corrected chi connectivity index (χ3v) is 3.39. The third-order valence-electron chi connectivity index (χ3n) is 3.39. The van der Waals surface area contributed by atoms with E-state index in [1.807, 2.05) is 25.1 Å². The minimum Gasteiger partial charge on any atom is -0.494 e. The van der Waals surface area contributed by atoms with E-state index in [1.54, 1.807) is 18.2 Å². The molecule has 0 bridgehead atoms. The first kappa shape index (κ1) is 16.7. The molecule has 0 aliphatic rings. The Hall–Kier alpha value is -2.63. The summed E-state index contributed by atoms with van der Waals surface area (Å²) in [5.41, 5.74) is 0.975. The van der Waals surface area contributed by atoms with Crippen molar-refractivity contribution < 1.29 is 9.53 Å². The minimum absolute atomic E-state index is 0.284. The van der Waals surface area contributed by atoms with Gasteiger partial charge in [0.1, 0.15) is 5.75 Å². The maximum atomic E-state index is 12.2. The van der Waals surface area contributed by atoms with Gasteiger partial charge >= 0.3 is 0 Å². The molecule has 6 nitrogen and oxygen atoms in total. The van der Waals surface area contributed by atoms with E-state index in [4.69, 9.17) is 4.74 Å². The lowest BCUT2D eigenvalue weighted by Gasteiger charge is -2.18. The Morgan fingerprint density at radius 2 is 1.74 bits per heavy atom. The molecule has 6 heteroatoms. The van der Waals surface area contributed by atoms with Gasteiger partial charge in [-0.3, -0.25) is 4.79 Å². The number of hydrogen-bond acceptors (Lipinski definition) is 5. The van der Waals surface area contributed by atoms with E-state index in [0.717, 1.165) is 24.7 Å².